The zero-order valence-corrected chi connectivity index (χ0v) is 51.8. The van der Waals surface area contributed by atoms with Crippen molar-refractivity contribution < 1.29 is 126 Å². The van der Waals surface area contributed by atoms with Gasteiger partial charge in [0.2, 0.25) is 0 Å². The van der Waals surface area contributed by atoms with Gasteiger partial charge >= 0.3 is 0 Å². The molecule has 0 amide bonds. The average Bonchev–Trinajstić information content (AvgIpc) is 0.723. The predicted octanol–water partition coefficient (Wildman–Crippen LogP) is 12.5. The van der Waals surface area contributed by atoms with Gasteiger partial charge in [-0.3, -0.25) is 14.7 Å². The number of sulfone groups is 3. The summed E-state index contributed by atoms with van der Waals surface area (Å²) in [6, 6.07) is 12.7. The van der Waals surface area contributed by atoms with Crippen LogP contribution in [-0.2, 0) is 60.3 Å². The highest BCUT2D eigenvalue weighted by molar-refractivity contribution is 7.94. The van der Waals surface area contributed by atoms with Crippen molar-refractivity contribution in [2.45, 2.75) is 161 Å². The Morgan fingerprint density at radius 2 is 0.756 bits per heavy atom. The number of halogens is 16. The summed E-state index contributed by atoms with van der Waals surface area (Å²) in [7, 11) is -6.69. The molecule has 0 spiro atoms. The SMILES string of the molecule is C.C.C=C1N[C@@]2(c3cc(OC)ccc3F)COC(C)C[C@H]2S(=O)(=O)C1(C)C.COc1ccc(F)c([C@]23CO[C@@H](C)C[C@H]2S(=O)(=O)C(C)(C)C(N)=N3)c1.COc1ccc(F)c([C@]23CO[C@H](C)C[C@H]2S(=O)(=O)C(C)(C)C(N)=N3)c1.F.FF.FF.FF.FF.FF.FF. The Balaban J connectivity index is -0.00000114. The van der Waals surface area contributed by atoms with Gasteiger partial charge in [0, 0.05) is 77.3 Å². The number of amidine groups is 2. The lowest BCUT2D eigenvalue weighted by Crippen LogP contribution is -2.69. The van der Waals surface area contributed by atoms with Crippen LogP contribution in [0.25, 0.3) is 0 Å². The number of hydrogen-bond acceptors (Lipinski definition) is 17. The van der Waals surface area contributed by atoms with Crippen molar-refractivity contribution in [1.29, 1.82) is 0 Å². The van der Waals surface area contributed by atoms with E-state index in [1.54, 1.807) is 27.7 Å². The first kappa shape index (κ1) is 88.3. The van der Waals surface area contributed by atoms with Gasteiger partial charge in [0.05, 0.1) is 75.2 Å². The van der Waals surface area contributed by atoms with E-state index in [0.717, 1.165) is 0 Å². The van der Waals surface area contributed by atoms with E-state index in [1.165, 1.54) is 104 Å². The van der Waals surface area contributed by atoms with E-state index in [-0.39, 0.29) is 105 Å². The Morgan fingerprint density at radius 3 is 1.07 bits per heavy atom. The van der Waals surface area contributed by atoms with Crippen LogP contribution in [0.3, 0.4) is 0 Å². The highest BCUT2D eigenvalue weighted by atomic mass is 32.2. The van der Waals surface area contributed by atoms with E-state index < -0.39 is 93.6 Å². The molecule has 5 N–H and O–H groups in total. The zero-order chi connectivity index (χ0) is 67.9. The normalized spacial score (nSPS) is 28.1. The molecule has 36 heteroatoms. The van der Waals surface area contributed by atoms with Crippen LogP contribution in [-0.4, -0.2) is 126 Å². The van der Waals surface area contributed by atoms with Crippen LogP contribution in [0.5, 0.6) is 17.2 Å². The third-order valence-corrected chi connectivity index (χ3v) is 25.1. The molecular weight excluding hydrogens is 1310 g/mol. The number of benzene rings is 3. The van der Waals surface area contributed by atoms with Gasteiger partial charge in [0.15, 0.2) is 29.5 Å². The first-order valence-corrected chi connectivity index (χ1v) is 29.9. The molecule has 0 saturated carbocycles. The first-order valence-electron chi connectivity index (χ1n) is 25.3. The number of fused-ring (bicyclic) bond motifs is 3. The zero-order valence-electron chi connectivity index (χ0n) is 49.4. The quantitative estimate of drug-likeness (QED) is 0.194. The topological polar surface area (TPSA) is 247 Å². The fourth-order valence-corrected chi connectivity index (χ4v) is 17.8. The van der Waals surface area contributed by atoms with Crippen LogP contribution >= 0.6 is 0 Å². The Labute approximate surface area is 513 Å². The molecule has 0 bridgehead atoms. The molecule has 4 fully saturated rings. The monoisotopic (exact) mass is 1390 g/mol. The molecule has 0 aromatic heterocycles. The number of hydrogen-bond donors (Lipinski definition) is 3. The van der Waals surface area contributed by atoms with E-state index >= 15 is 0 Å². The van der Waals surface area contributed by atoms with Crippen molar-refractivity contribution in [3.05, 3.63) is 101 Å². The second kappa shape index (κ2) is 35.3. The molecular formula is C54H79F16N5O12S3. The third kappa shape index (κ3) is 16.1. The summed E-state index contributed by atoms with van der Waals surface area (Å²) < 4.78 is 249. The molecule has 0 radical (unpaired) electrons. The smallest absolute Gasteiger partial charge is 0.168 e. The van der Waals surface area contributed by atoms with E-state index in [1.807, 2.05) is 6.92 Å². The summed E-state index contributed by atoms with van der Waals surface area (Å²) in [6.45, 7) is 18.7. The molecule has 6 heterocycles. The minimum Gasteiger partial charge on any atom is -0.497 e. The van der Waals surface area contributed by atoms with Crippen LogP contribution in [0.1, 0.15) is 113 Å². The van der Waals surface area contributed by atoms with Crippen molar-refractivity contribution in [3.8, 4) is 17.2 Å². The van der Waals surface area contributed by atoms with E-state index in [4.69, 9.17) is 94.8 Å². The molecule has 6 aliphatic heterocycles. The predicted molar refractivity (Wildman–Crippen MR) is 309 cm³/mol. The summed E-state index contributed by atoms with van der Waals surface area (Å²) in [4.78, 5) is 9.04. The van der Waals surface area contributed by atoms with Crippen molar-refractivity contribution in [2.24, 2.45) is 21.5 Å². The molecule has 0 aliphatic carbocycles. The van der Waals surface area contributed by atoms with Gasteiger partial charge in [0.25, 0.3) is 0 Å². The van der Waals surface area contributed by atoms with Gasteiger partial charge in [-0.25, -0.2) is 38.4 Å². The molecule has 522 valence electrons. The molecule has 6 aliphatic rings. The minimum atomic E-state index is -3.73. The first-order chi connectivity index (χ1) is 40.7. The molecule has 4 saturated heterocycles. The lowest BCUT2D eigenvalue weighted by Gasteiger charge is -2.54. The summed E-state index contributed by atoms with van der Waals surface area (Å²) in [5, 5.41) is 0.538. The lowest BCUT2D eigenvalue weighted by molar-refractivity contribution is -0.0314. The summed E-state index contributed by atoms with van der Waals surface area (Å²) in [5.74, 6) is -0.408. The maximum atomic E-state index is 14.7. The van der Waals surface area contributed by atoms with Gasteiger partial charge in [-0.2, -0.15) is 0 Å². The summed E-state index contributed by atoms with van der Waals surface area (Å²) >= 11 is 0. The minimum absolute atomic E-state index is 0. The lowest BCUT2D eigenvalue weighted by atomic mass is 9.81. The maximum Gasteiger partial charge on any atom is 0.168 e. The standard InChI is InChI=1S/C18H24FNO4S.2C17H23FN2O4S.2CH4.6F2.FH/c1-11-8-16-18(10-24-11,14-9-13(23-5)6-7-15(14)19)20-12(2)17(3,4)25(16,21)22;2*1-10-7-14-17(9-24-10,12-8-11(23-4)5-6-13(12)18)20-15(19)16(2,3)25(14,21)22;;;6*1-2;/h6-7,9,11,16,20H,2,8,10H2,1,3-5H3;2*5-6,8,10,14H,7,9H2,1-4H3,(H2,19,20);2*1H4;;;;;;;1H/t11?,16-,18-;10-,14+,17+;10-,14-,17-;;;;;;;;;/m101........./s1. The fourth-order valence-electron chi connectivity index (χ4n) is 10.8. The van der Waals surface area contributed by atoms with Crippen LogP contribution < -0.4 is 31.0 Å². The van der Waals surface area contributed by atoms with Crippen LogP contribution in [0.15, 0.2) is 76.9 Å². The van der Waals surface area contributed by atoms with Gasteiger partial charge in [0.1, 0.15) is 77.2 Å². The number of rotatable bonds is 6. The van der Waals surface area contributed by atoms with Gasteiger partial charge in [-0.1, -0.05) is 21.4 Å². The highest BCUT2D eigenvalue weighted by Crippen LogP contribution is 2.52. The van der Waals surface area contributed by atoms with Gasteiger partial charge in [-0.05, 0) is 136 Å². The molecule has 17 nitrogen and oxygen atoms in total. The maximum absolute atomic E-state index is 14.7. The van der Waals surface area contributed by atoms with E-state index in [0.29, 0.717) is 22.9 Å². The summed E-state index contributed by atoms with van der Waals surface area (Å²) in [6.07, 6.45) is -0.0505. The number of nitrogens with zero attached hydrogens (tertiary/aromatic N) is 2. The average molecular weight is 1390 g/mol. The molecule has 3 aromatic carbocycles. The second-order valence-electron chi connectivity index (χ2n) is 21.7. The van der Waals surface area contributed by atoms with Crippen molar-refractivity contribution in [1.82, 2.24) is 5.32 Å². The Bertz CT molecular complexity index is 3040. The van der Waals surface area contributed by atoms with Crippen molar-refractivity contribution >= 4 is 41.2 Å². The van der Waals surface area contributed by atoms with E-state index in [2.05, 4.69) is 21.9 Å². The van der Waals surface area contributed by atoms with Gasteiger partial charge < -0.3 is 45.2 Å². The number of nitrogens with one attached hydrogen (secondary N) is 1. The third-order valence-electron chi connectivity index (χ3n) is 16.2. The van der Waals surface area contributed by atoms with Crippen LogP contribution in [0.4, 0.5) is 72.8 Å². The van der Waals surface area contributed by atoms with Crippen LogP contribution in [0.2, 0.25) is 0 Å². The Morgan fingerprint density at radius 1 is 0.489 bits per heavy atom. The molecule has 1 unspecified atom stereocenters. The number of methoxy groups -OCH3 is 3. The molecule has 9 rings (SSSR count). The van der Waals surface area contributed by atoms with Crippen molar-refractivity contribution in [2.75, 3.05) is 41.2 Å². The molecule has 9 atom stereocenters. The number of aliphatic imine (C=N–C) groups is 2. The largest absolute Gasteiger partial charge is 0.497 e. The highest BCUT2D eigenvalue weighted by Gasteiger charge is 2.64. The number of ether oxygens (including phenoxy) is 6. The van der Waals surface area contributed by atoms with Crippen molar-refractivity contribution in [3.63, 3.8) is 0 Å². The molecule has 3 aromatic rings. The summed E-state index contributed by atoms with van der Waals surface area (Å²) in [5.41, 5.74) is 8.84. The van der Waals surface area contributed by atoms with Gasteiger partial charge in [-0.15, -0.1) is 0 Å². The number of nitrogens with two attached hydrogens (primary N) is 2. The second-order valence-corrected chi connectivity index (χ2v) is 29.7. The Kier molecular flexibility index (Phi) is 34.6. The Hall–Kier alpha value is -5.85. The van der Waals surface area contributed by atoms with Crippen LogP contribution in [0, 0.1) is 17.5 Å². The van der Waals surface area contributed by atoms with E-state index in [9.17, 15) is 38.4 Å². The fraction of sp³-hybridized carbons (Fsp3) is 0.593. The molecule has 90 heavy (non-hydrogen) atoms.